The molecule has 6 heteroatoms. The van der Waals surface area contributed by atoms with E-state index in [1.165, 1.54) is 7.11 Å². The van der Waals surface area contributed by atoms with E-state index in [0.29, 0.717) is 24.9 Å². The molecule has 0 radical (unpaired) electrons. The van der Waals surface area contributed by atoms with Gasteiger partial charge in [-0.1, -0.05) is 13.8 Å². The first kappa shape index (κ1) is 16.8. The summed E-state index contributed by atoms with van der Waals surface area (Å²) in [5.74, 6) is 0.190. The quantitative estimate of drug-likeness (QED) is 0.804. The van der Waals surface area contributed by atoms with Gasteiger partial charge in [0, 0.05) is 20.2 Å². The highest BCUT2D eigenvalue weighted by Gasteiger charge is 2.26. The fourth-order valence-electron chi connectivity index (χ4n) is 2.57. The van der Waals surface area contributed by atoms with Crippen LogP contribution in [-0.4, -0.2) is 54.9 Å². The fraction of sp³-hybridized carbons (Fsp3) is 0.857. The standard InChI is InChI=1S/C14H26N2O4/c1-10(2)11-5-4-7-16(8-6-11)14(19)15-12(9-20-3)13(17)18/h10-12H,4-9H2,1-3H3,(H,15,19)(H,17,18). The number of hydrogen-bond donors (Lipinski definition) is 2. The number of amides is 2. The van der Waals surface area contributed by atoms with Crippen molar-refractivity contribution < 1.29 is 19.4 Å². The Hall–Kier alpha value is -1.30. The molecule has 0 saturated carbocycles. The van der Waals surface area contributed by atoms with Gasteiger partial charge in [0.15, 0.2) is 6.04 Å². The lowest BCUT2D eigenvalue weighted by molar-refractivity contribution is -0.140. The molecule has 20 heavy (non-hydrogen) atoms. The minimum Gasteiger partial charge on any atom is -0.480 e. The van der Waals surface area contributed by atoms with Crippen LogP contribution in [-0.2, 0) is 9.53 Å². The molecule has 0 spiro atoms. The maximum atomic E-state index is 12.1. The summed E-state index contributed by atoms with van der Waals surface area (Å²) in [4.78, 5) is 24.8. The first-order chi connectivity index (χ1) is 9.45. The first-order valence-corrected chi connectivity index (χ1v) is 7.22. The van der Waals surface area contributed by atoms with Gasteiger partial charge < -0.3 is 20.1 Å². The van der Waals surface area contributed by atoms with Gasteiger partial charge in [0.05, 0.1) is 6.61 Å². The molecule has 1 saturated heterocycles. The molecule has 0 aliphatic carbocycles. The Morgan fingerprint density at radius 3 is 2.60 bits per heavy atom. The molecule has 1 aliphatic heterocycles. The molecule has 1 rings (SSSR count). The zero-order valence-electron chi connectivity index (χ0n) is 12.6. The average molecular weight is 286 g/mol. The maximum absolute atomic E-state index is 12.1. The van der Waals surface area contributed by atoms with E-state index in [2.05, 4.69) is 19.2 Å². The Balaban J connectivity index is 2.52. The third kappa shape index (κ3) is 5.00. The van der Waals surface area contributed by atoms with Crippen molar-refractivity contribution in [2.24, 2.45) is 11.8 Å². The molecule has 0 aromatic rings. The Kier molecular flexibility index (Phi) is 6.78. The third-order valence-electron chi connectivity index (χ3n) is 3.93. The van der Waals surface area contributed by atoms with E-state index >= 15 is 0 Å². The molecular weight excluding hydrogens is 260 g/mol. The van der Waals surface area contributed by atoms with Crippen LogP contribution in [0.5, 0.6) is 0 Å². The van der Waals surface area contributed by atoms with Gasteiger partial charge in [-0.3, -0.25) is 0 Å². The number of likely N-dealkylation sites (tertiary alicyclic amines) is 1. The molecule has 2 amide bonds. The minimum absolute atomic E-state index is 0.0243. The number of carbonyl (C=O) groups is 2. The van der Waals surface area contributed by atoms with Crippen molar-refractivity contribution in [3.8, 4) is 0 Å². The molecule has 6 nitrogen and oxygen atoms in total. The molecule has 0 aromatic carbocycles. The molecule has 2 unspecified atom stereocenters. The number of methoxy groups -OCH3 is 1. The van der Waals surface area contributed by atoms with Crippen molar-refractivity contribution in [1.82, 2.24) is 10.2 Å². The zero-order valence-corrected chi connectivity index (χ0v) is 12.6. The number of aliphatic carboxylic acids is 1. The number of carboxylic acid groups (broad SMARTS) is 1. The number of nitrogens with zero attached hydrogens (tertiary/aromatic N) is 1. The van der Waals surface area contributed by atoms with Gasteiger partial charge >= 0.3 is 12.0 Å². The number of rotatable bonds is 5. The van der Waals surface area contributed by atoms with Gasteiger partial charge in [0.1, 0.15) is 0 Å². The van der Waals surface area contributed by atoms with E-state index in [1.54, 1.807) is 4.90 Å². The number of urea groups is 1. The van der Waals surface area contributed by atoms with Gasteiger partial charge in [-0.25, -0.2) is 9.59 Å². The summed E-state index contributed by atoms with van der Waals surface area (Å²) in [6.07, 6.45) is 3.08. The Labute approximate surface area is 120 Å². The van der Waals surface area contributed by atoms with Gasteiger partial charge in [0.25, 0.3) is 0 Å². The normalized spacial score (nSPS) is 21.4. The lowest BCUT2D eigenvalue weighted by atomic mass is 9.89. The highest BCUT2D eigenvalue weighted by Crippen LogP contribution is 2.24. The summed E-state index contributed by atoms with van der Waals surface area (Å²) >= 11 is 0. The van der Waals surface area contributed by atoms with Gasteiger partial charge in [-0.05, 0) is 31.1 Å². The van der Waals surface area contributed by atoms with E-state index in [-0.39, 0.29) is 12.6 Å². The van der Waals surface area contributed by atoms with E-state index in [9.17, 15) is 9.59 Å². The van der Waals surface area contributed by atoms with Crippen molar-refractivity contribution in [2.45, 2.75) is 39.2 Å². The molecule has 2 N–H and O–H groups in total. The molecular formula is C14H26N2O4. The third-order valence-corrected chi connectivity index (χ3v) is 3.93. The van der Waals surface area contributed by atoms with E-state index in [4.69, 9.17) is 9.84 Å². The second-order valence-corrected chi connectivity index (χ2v) is 5.72. The number of ether oxygens (including phenoxy) is 1. The van der Waals surface area contributed by atoms with Crippen LogP contribution in [0, 0.1) is 11.8 Å². The van der Waals surface area contributed by atoms with Crippen molar-refractivity contribution in [1.29, 1.82) is 0 Å². The second kappa shape index (κ2) is 8.09. The lowest BCUT2D eigenvalue weighted by Gasteiger charge is -2.24. The van der Waals surface area contributed by atoms with Crippen molar-refractivity contribution >= 4 is 12.0 Å². The van der Waals surface area contributed by atoms with Gasteiger partial charge in [-0.15, -0.1) is 0 Å². The van der Waals surface area contributed by atoms with Crippen LogP contribution in [0.3, 0.4) is 0 Å². The number of carboxylic acids is 1. The molecule has 116 valence electrons. The number of nitrogens with one attached hydrogen (secondary N) is 1. The summed E-state index contributed by atoms with van der Waals surface area (Å²) in [6, 6.07) is -1.30. The van der Waals surface area contributed by atoms with E-state index in [0.717, 1.165) is 19.3 Å². The fourth-order valence-corrected chi connectivity index (χ4v) is 2.57. The van der Waals surface area contributed by atoms with Crippen LogP contribution >= 0.6 is 0 Å². The monoisotopic (exact) mass is 286 g/mol. The molecule has 0 bridgehead atoms. The highest BCUT2D eigenvalue weighted by molar-refractivity contribution is 5.82. The minimum atomic E-state index is -1.07. The van der Waals surface area contributed by atoms with Crippen molar-refractivity contribution in [2.75, 3.05) is 26.8 Å². The Morgan fingerprint density at radius 2 is 2.05 bits per heavy atom. The summed E-state index contributed by atoms with van der Waals surface area (Å²) < 4.78 is 4.81. The van der Waals surface area contributed by atoms with Crippen LogP contribution in [0.15, 0.2) is 0 Å². The van der Waals surface area contributed by atoms with Crippen molar-refractivity contribution in [3.63, 3.8) is 0 Å². The summed E-state index contributed by atoms with van der Waals surface area (Å²) in [6.45, 7) is 5.77. The summed E-state index contributed by atoms with van der Waals surface area (Å²) in [5, 5.41) is 11.5. The van der Waals surface area contributed by atoms with E-state index < -0.39 is 12.0 Å². The average Bonchev–Trinajstić information content (AvgIpc) is 2.63. The maximum Gasteiger partial charge on any atom is 0.328 e. The number of hydrogen-bond acceptors (Lipinski definition) is 3. The van der Waals surface area contributed by atoms with Gasteiger partial charge in [0.2, 0.25) is 0 Å². The predicted octanol–water partition coefficient (Wildman–Crippen LogP) is 1.55. The molecule has 2 atom stereocenters. The number of carbonyl (C=O) groups excluding carboxylic acids is 1. The van der Waals surface area contributed by atoms with Crippen LogP contribution < -0.4 is 5.32 Å². The Bertz CT molecular complexity index is 333. The molecule has 1 aliphatic rings. The first-order valence-electron chi connectivity index (χ1n) is 7.22. The van der Waals surface area contributed by atoms with Crippen molar-refractivity contribution in [3.05, 3.63) is 0 Å². The van der Waals surface area contributed by atoms with Crippen LogP contribution in [0.25, 0.3) is 0 Å². The summed E-state index contributed by atoms with van der Waals surface area (Å²) in [7, 11) is 1.42. The van der Waals surface area contributed by atoms with Crippen LogP contribution in [0.1, 0.15) is 33.1 Å². The SMILES string of the molecule is COCC(NC(=O)N1CCCC(C(C)C)CC1)C(=O)O. The Morgan fingerprint density at radius 1 is 1.35 bits per heavy atom. The predicted molar refractivity (Wildman–Crippen MR) is 75.6 cm³/mol. The highest BCUT2D eigenvalue weighted by atomic mass is 16.5. The lowest BCUT2D eigenvalue weighted by Crippen LogP contribution is -2.50. The summed E-state index contributed by atoms with van der Waals surface area (Å²) in [5.41, 5.74) is 0. The van der Waals surface area contributed by atoms with Gasteiger partial charge in [-0.2, -0.15) is 0 Å². The van der Waals surface area contributed by atoms with Crippen LogP contribution in [0.4, 0.5) is 4.79 Å². The second-order valence-electron chi connectivity index (χ2n) is 5.72. The molecule has 0 aromatic heterocycles. The van der Waals surface area contributed by atoms with Crippen LogP contribution in [0.2, 0.25) is 0 Å². The topological polar surface area (TPSA) is 78.9 Å². The zero-order chi connectivity index (χ0) is 15.1. The molecule has 1 fully saturated rings. The smallest absolute Gasteiger partial charge is 0.328 e. The van der Waals surface area contributed by atoms with E-state index in [1.807, 2.05) is 0 Å². The molecule has 1 heterocycles. The largest absolute Gasteiger partial charge is 0.480 e.